The molecule has 2 rings (SSSR count). The van der Waals surface area contributed by atoms with Crippen molar-refractivity contribution in [1.82, 2.24) is 9.88 Å². The molecular formula is C17H23N3O. The smallest absolute Gasteiger partial charge is 0.168 e. The van der Waals surface area contributed by atoms with E-state index >= 15 is 0 Å². The largest absolute Gasteiger partial charge is 0.493 e. The number of methoxy groups -OCH3 is 1. The van der Waals surface area contributed by atoms with Crippen molar-refractivity contribution < 1.29 is 4.74 Å². The number of rotatable bonds is 8. The van der Waals surface area contributed by atoms with Crippen molar-refractivity contribution >= 4 is 5.82 Å². The third-order valence-corrected chi connectivity index (χ3v) is 3.29. The number of pyridine rings is 1. The molecule has 0 fully saturated rings. The van der Waals surface area contributed by atoms with Crippen LogP contribution < -0.4 is 10.1 Å². The van der Waals surface area contributed by atoms with E-state index in [1.165, 1.54) is 5.56 Å². The van der Waals surface area contributed by atoms with Crippen molar-refractivity contribution in [2.45, 2.75) is 13.0 Å². The number of nitrogens with one attached hydrogen (secondary N) is 1. The third-order valence-electron chi connectivity index (χ3n) is 3.29. The minimum Gasteiger partial charge on any atom is -0.493 e. The van der Waals surface area contributed by atoms with E-state index in [1.807, 2.05) is 18.2 Å². The number of aromatic nitrogens is 1. The van der Waals surface area contributed by atoms with Crippen LogP contribution in [0.15, 0.2) is 48.7 Å². The zero-order valence-corrected chi connectivity index (χ0v) is 12.7. The Balaban J connectivity index is 1.70. The highest BCUT2D eigenvalue weighted by Crippen LogP contribution is 2.19. The molecule has 0 saturated carbocycles. The second-order valence-corrected chi connectivity index (χ2v) is 5.06. The highest BCUT2D eigenvalue weighted by molar-refractivity contribution is 5.49. The predicted octanol–water partition coefficient (Wildman–Crippen LogP) is 3.02. The topological polar surface area (TPSA) is 37.4 Å². The molecule has 1 aromatic heterocycles. The summed E-state index contributed by atoms with van der Waals surface area (Å²) in [6.45, 7) is 2.90. The molecule has 0 saturated heterocycles. The second-order valence-electron chi connectivity index (χ2n) is 5.06. The van der Waals surface area contributed by atoms with Crippen molar-refractivity contribution in [2.24, 2.45) is 0 Å². The summed E-state index contributed by atoms with van der Waals surface area (Å²) in [5.41, 5.74) is 1.35. The quantitative estimate of drug-likeness (QED) is 0.757. The Morgan fingerprint density at radius 1 is 1.14 bits per heavy atom. The maximum Gasteiger partial charge on any atom is 0.168 e. The van der Waals surface area contributed by atoms with Gasteiger partial charge in [0.05, 0.1) is 7.11 Å². The zero-order valence-electron chi connectivity index (χ0n) is 12.7. The normalized spacial score (nSPS) is 10.6. The molecule has 1 N–H and O–H groups in total. The van der Waals surface area contributed by atoms with Crippen LogP contribution in [0.2, 0.25) is 0 Å². The fourth-order valence-corrected chi connectivity index (χ4v) is 2.22. The van der Waals surface area contributed by atoms with E-state index in [4.69, 9.17) is 4.74 Å². The van der Waals surface area contributed by atoms with Gasteiger partial charge in [0.2, 0.25) is 0 Å². The highest BCUT2D eigenvalue weighted by atomic mass is 16.5. The maximum absolute atomic E-state index is 5.27. The third kappa shape index (κ3) is 5.08. The molecule has 112 valence electrons. The Kier molecular flexibility index (Phi) is 6.03. The summed E-state index contributed by atoms with van der Waals surface area (Å²) >= 11 is 0. The molecule has 0 aliphatic heterocycles. The van der Waals surface area contributed by atoms with Gasteiger partial charge in [0.15, 0.2) is 11.6 Å². The molecule has 1 heterocycles. The number of ether oxygens (including phenoxy) is 1. The summed E-state index contributed by atoms with van der Waals surface area (Å²) in [5.74, 6) is 1.60. The maximum atomic E-state index is 5.27. The van der Waals surface area contributed by atoms with Crippen molar-refractivity contribution in [3.05, 3.63) is 54.2 Å². The average Bonchev–Trinajstić information content (AvgIpc) is 2.53. The Hall–Kier alpha value is -2.07. The summed E-state index contributed by atoms with van der Waals surface area (Å²) in [6.07, 6.45) is 2.83. The number of nitrogens with zero attached hydrogens (tertiary/aromatic N) is 2. The first-order valence-electron chi connectivity index (χ1n) is 7.25. The summed E-state index contributed by atoms with van der Waals surface area (Å²) in [6, 6.07) is 14.3. The Morgan fingerprint density at radius 3 is 2.71 bits per heavy atom. The van der Waals surface area contributed by atoms with E-state index < -0.39 is 0 Å². The lowest BCUT2D eigenvalue weighted by Gasteiger charge is -2.17. The number of hydrogen-bond acceptors (Lipinski definition) is 4. The molecule has 1 aromatic carbocycles. The molecule has 0 bridgehead atoms. The first-order chi connectivity index (χ1) is 10.3. The molecule has 0 radical (unpaired) electrons. The lowest BCUT2D eigenvalue weighted by molar-refractivity contribution is 0.325. The Bertz CT molecular complexity index is 531. The lowest BCUT2D eigenvalue weighted by atomic mass is 10.2. The van der Waals surface area contributed by atoms with Crippen molar-refractivity contribution in [3.63, 3.8) is 0 Å². The molecule has 4 nitrogen and oxygen atoms in total. The van der Waals surface area contributed by atoms with Gasteiger partial charge in [0.25, 0.3) is 0 Å². The summed E-state index contributed by atoms with van der Waals surface area (Å²) < 4.78 is 5.27. The standard InChI is InChI=1S/C17H23N3O/c1-20(14-15-8-4-3-5-9-15)13-7-12-19-17-16(21-2)10-6-11-18-17/h3-6,8-11H,7,12-14H2,1-2H3,(H,18,19). The molecule has 0 aliphatic rings. The van der Waals surface area contributed by atoms with Crippen LogP contribution in [0.3, 0.4) is 0 Å². The van der Waals surface area contributed by atoms with E-state index in [9.17, 15) is 0 Å². The molecule has 0 atom stereocenters. The number of hydrogen-bond donors (Lipinski definition) is 1. The fraction of sp³-hybridized carbons (Fsp3) is 0.353. The van der Waals surface area contributed by atoms with Gasteiger partial charge in [-0.2, -0.15) is 0 Å². The lowest BCUT2D eigenvalue weighted by Crippen LogP contribution is -2.21. The Morgan fingerprint density at radius 2 is 1.95 bits per heavy atom. The molecule has 21 heavy (non-hydrogen) atoms. The molecule has 2 aromatic rings. The van der Waals surface area contributed by atoms with Crippen LogP contribution >= 0.6 is 0 Å². The summed E-state index contributed by atoms with van der Waals surface area (Å²) in [4.78, 5) is 6.61. The summed E-state index contributed by atoms with van der Waals surface area (Å²) in [7, 11) is 3.81. The van der Waals surface area contributed by atoms with Crippen LogP contribution in [0.5, 0.6) is 5.75 Å². The van der Waals surface area contributed by atoms with Crippen molar-refractivity contribution in [1.29, 1.82) is 0 Å². The molecule has 0 aliphatic carbocycles. The van der Waals surface area contributed by atoms with E-state index in [0.717, 1.165) is 37.6 Å². The van der Waals surface area contributed by atoms with Gasteiger partial charge in [0, 0.05) is 19.3 Å². The minimum atomic E-state index is 0.787. The zero-order chi connectivity index (χ0) is 14.9. The summed E-state index contributed by atoms with van der Waals surface area (Å²) in [5, 5.41) is 3.32. The predicted molar refractivity (Wildman–Crippen MR) is 86.7 cm³/mol. The van der Waals surface area contributed by atoms with E-state index in [2.05, 4.69) is 46.5 Å². The monoisotopic (exact) mass is 285 g/mol. The van der Waals surface area contributed by atoms with E-state index in [0.29, 0.717) is 0 Å². The van der Waals surface area contributed by atoms with Gasteiger partial charge in [-0.1, -0.05) is 30.3 Å². The van der Waals surface area contributed by atoms with Gasteiger partial charge >= 0.3 is 0 Å². The minimum absolute atomic E-state index is 0.787. The van der Waals surface area contributed by atoms with Gasteiger partial charge in [-0.25, -0.2) is 4.98 Å². The van der Waals surface area contributed by atoms with Gasteiger partial charge in [0.1, 0.15) is 0 Å². The number of anilines is 1. The first-order valence-corrected chi connectivity index (χ1v) is 7.25. The van der Waals surface area contributed by atoms with Crippen LogP contribution in [0.4, 0.5) is 5.82 Å². The van der Waals surface area contributed by atoms with Crippen LogP contribution in [-0.4, -0.2) is 37.1 Å². The molecule has 0 unspecified atom stereocenters. The van der Waals surface area contributed by atoms with Gasteiger partial charge in [-0.15, -0.1) is 0 Å². The van der Waals surface area contributed by atoms with Crippen molar-refractivity contribution in [3.8, 4) is 5.75 Å². The second kappa shape index (κ2) is 8.27. The Labute approximate surface area is 126 Å². The van der Waals surface area contributed by atoms with E-state index in [-0.39, 0.29) is 0 Å². The van der Waals surface area contributed by atoms with Crippen LogP contribution in [0.25, 0.3) is 0 Å². The number of benzene rings is 1. The molecular weight excluding hydrogens is 262 g/mol. The van der Waals surface area contributed by atoms with E-state index in [1.54, 1.807) is 13.3 Å². The van der Waals surface area contributed by atoms with Crippen LogP contribution in [0.1, 0.15) is 12.0 Å². The van der Waals surface area contributed by atoms with Crippen molar-refractivity contribution in [2.75, 3.05) is 32.6 Å². The van der Waals surface area contributed by atoms with Gasteiger partial charge in [-0.3, -0.25) is 0 Å². The highest BCUT2D eigenvalue weighted by Gasteiger charge is 2.03. The first kappa shape index (κ1) is 15.3. The molecule has 4 heteroatoms. The van der Waals surface area contributed by atoms with Gasteiger partial charge in [-0.05, 0) is 37.7 Å². The van der Waals surface area contributed by atoms with Crippen LogP contribution in [0, 0.1) is 0 Å². The average molecular weight is 285 g/mol. The molecule has 0 spiro atoms. The molecule has 0 amide bonds. The van der Waals surface area contributed by atoms with Gasteiger partial charge < -0.3 is 15.0 Å². The fourth-order valence-electron chi connectivity index (χ4n) is 2.22. The SMILES string of the molecule is COc1cccnc1NCCCN(C)Cc1ccccc1. The van der Waals surface area contributed by atoms with Crippen LogP contribution in [-0.2, 0) is 6.54 Å².